The molecular formula is C17H23N3O3. The first-order valence-electron chi connectivity index (χ1n) is 7.76. The lowest BCUT2D eigenvalue weighted by Crippen LogP contribution is -2.37. The fraction of sp³-hybridized carbons (Fsp3) is 0.412. The highest BCUT2D eigenvalue weighted by atomic mass is 16.4. The second kappa shape index (κ2) is 7.78. The van der Waals surface area contributed by atoms with Crippen molar-refractivity contribution in [2.24, 2.45) is 0 Å². The van der Waals surface area contributed by atoms with E-state index in [9.17, 15) is 4.79 Å². The van der Waals surface area contributed by atoms with Crippen molar-refractivity contribution in [3.63, 3.8) is 0 Å². The molecule has 124 valence electrons. The molecule has 6 nitrogen and oxygen atoms in total. The lowest BCUT2D eigenvalue weighted by molar-refractivity contribution is 0.188. The third kappa shape index (κ3) is 4.32. The molecule has 0 unspecified atom stereocenters. The third-order valence-electron chi connectivity index (χ3n) is 3.54. The van der Waals surface area contributed by atoms with Gasteiger partial charge in [0.15, 0.2) is 0 Å². The molecule has 6 heteroatoms. The highest BCUT2D eigenvalue weighted by Gasteiger charge is 2.13. The minimum Gasteiger partial charge on any atom is -0.441 e. The fourth-order valence-corrected chi connectivity index (χ4v) is 2.23. The van der Waals surface area contributed by atoms with Crippen molar-refractivity contribution < 1.29 is 14.3 Å². The topological polar surface area (TPSA) is 78.6 Å². The minimum atomic E-state index is -0.224. The Kier molecular flexibility index (Phi) is 5.76. The number of hydrogen-bond acceptors (Lipinski definition) is 4. The lowest BCUT2D eigenvalue weighted by atomic mass is 10.2. The quantitative estimate of drug-likeness (QED) is 0.857. The highest BCUT2D eigenvalue weighted by Crippen LogP contribution is 2.24. The van der Waals surface area contributed by atoms with Crippen LogP contribution in [0.2, 0.25) is 0 Å². The number of nitrogens with one attached hydrogen (secondary N) is 1. The van der Waals surface area contributed by atoms with Crippen molar-refractivity contribution in [1.82, 2.24) is 9.88 Å². The molecule has 0 saturated heterocycles. The molecule has 0 spiro atoms. The summed E-state index contributed by atoms with van der Waals surface area (Å²) in [6.07, 6.45) is 0.836. The molecule has 0 aliphatic rings. The van der Waals surface area contributed by atoms with Crippen LogP contribution >= 0.6 is 0 Å². The minimum absolute atomic E-state index is 0.0532. The number of aliphatic hydroxyl groups is 1. The number of aromatic nitrogens is 1. The van der Waals surface area contributed by atoms with Crippen LogP contribution in [0.5, 0.6) is 0 Å². The summed E-state index contributed by atoms with van der Waals surface area (Å²) in [5.74, 6) is 1.32. The van der Waals surface area contributed by atoms with Gasteiger partial charge in [-0.25, -0.2) is 9.78 Å². The van der Waals surface area contributed by atoms with Gasteiger partial charge in [-0.3, -0.25) is 0 Å². The zero-order chi connectivity index (χ0) is 16.8. The molecular weight excluding hydrogens is 294 g/mol. The van der Waals surface area contributed by atoms with Crippen LogP contribution in [0.15, 0.2) is 28.7 Å². The van der Waals surface area contributed by atoms with Crippen molar-refractivity contribution >= 4 is 11.7 Å². The molecule has 1 heterocycles. The molecule has 0 saturated carbocycles. The van der Waals surface area contributed by atoms with Gasteiger partial charge < -0.3 is 19.7 Å². The van der Waals surface area contributed by atoms with E-state index in [1.54, 1.807) is 4.90 Å². The number of aryl methyl sites for hydroxylation is 2. The Hall–Kier alpha value is -2.34. The number of nitrogens with zero attached hydrogens (tertiary/aromatic N) is 2. The molecule has 23 heavy (non-hydrogen) atoms. The largest absolute Gasteiger partial charge is 0.441 e. The number of carbonyl (C=O) groups is 1. The molecule has 0 aliphatic carbocycles. The van der Waals surface area contributed by atoms with Gasteiger partial charge in [-0.2, -0.15) is 0 Å². The molecule has 0 atom stereocenters. The van der Waals surface area contributed by atoms with Gasteiger partial charge >= 0.3 is 6.03 Å². The number of hydrogen-bond donors (Lipinski definition) is 2. The molecule has 0 fully saturated rings. The molecule has 2 amide bonds. The van der Waals surface area contributed by atoms with Gasteiger partial charge in [0.25, 0.3) is 0 Å². The highest BCUT2D eigenvalue weighted by molar-refractivity contribution is 5.90. The van der Waals surface area contributed by atoms with Crippen molar-refractivity contribution in [2.45, 2.75) is 27.2 Å². The number of aliphatic hydroxyl groups excluding tert-OH is 1. The normalized spacial score (nSPS) is 10.6. The van der Waals surface area contributed by atoms with Crippen LogP contribution in [-0.4, -0.2) is 40.7 Å². The van der Waals surface area contributed by atoms with Gasteiger partial charge in [0, 0.05) is 24.3 Å². The smallest absolute Gasteiger partial charge is 0.321 e. The van der Waals surface area contributed by atoms with E-state index < -0.39 is 0 Å². The van der Waals surface area contributed by atoms with Crippen LogP contribution in [0, 0.1) is 13.8 Å². The van der Waals surface area contributed by atoms with Crippen molar-refractivity contribution in [2.75, 3.05) is 25.0 Å². The molecule has 0 radical (unpaired) electrons. The van der Waals surface area contributed by atoms with E-state index in [4.69, 9.17) is 9.52 Å². The first-order valence-corrected chi connectivity index (χ1v) is 7.76. The van der Waals surface area contributed by atoms with E-state index in [0.717, 1.165) is 23.4 Å². The number of benzene rings is 1. The maximum absolute atomic E-state index is 12.3. The summed E-state index contributed by atoms with van der Waals surface area (Å²) in [4.78, 5) is 18.2. The number of carbonyl (C=O) groups excluding carboxylic acids is 1. The number of urea groups is 1. The van der Waals surface area contributed by atoms with E-state index in [1.165, 1.54) is 0 Å². The van der Waals surface area contributed by atoms with Crippen LogP contribution in [0.3, 0.4) is 0 Å². The van der Waals surface area contributed by atoms with Gasteiger partial charge in [-0.15, -0.1) is 0 Å². The monoisotopic (exact) mass is 317 g/mol. The van der Waals surface area contributed by atoms with Crippen LogP contribution in [0.4, 0.5) is 10.5 Å². The van der Waals surface area contributed by atoms with Gasteiger partial charge in [-0.05, 0) is 38.5 Å². The van der Waals surface area contributed by atoms with E-state index in [0.29, 0.717) is 24.7 Å². The summed E-state index contributed by atoms with van der Waals surface area (Å²) >= 11 is 0. The molecule has 1 aromatic carbocycles. The van der Waals surface area contributed by atoms with E-state index in [-0.39, 0.29) is 12.6 Å². The van der Waals surface area contributed by atoms with Gasteiger partial charge in [0.05, 0.1) is 12.3 Å². The number of oxazole rings is 1. The lowest BCUT2D eigenvalue weighted by Gasteiger charge is -2.21. The van der Waals surface area contributed by atoms with Crippen LogP contribution in [0.1, 0.15) is 24.8 Å². The molecule has 0 bridgehead atoms. The number of rotatable bonds is 6. The molecule has 2 aromatic rings. The summed E-state index contributed by atoms with van der Waals surface area (Å²) in [7, 11) is 0. The average Bonchev–Trinajstić information content (AvgIpc) is 2.87. The van der Waals surface area contributed by atoms with Crippen molar-refractivity contribution in [3.05, 3.63) is 35.7 Å². The number of amides is 2. The second-order valence-corrected chi connectivity index (χ2v) is 5.38. The fourth-order valence-electron chi connectivity index (χ4n) is 2.23. The van der Waals surface area contributed by atoms with E-state index in [1.807, 2.05) is 45.0 Å². The molecule has 2 rings (SSSR count). The summed E-state index contributed by atoms with van der Waals surface area (Å²) in [5.41, 5.74) is 2.33. The number of anilines is 1. The van der Waals surface area contributed by atoms with Gasteiger partial charge in [-0.1, -0.05) is 13.0 Å². The van der Waals surface area contributed by atoms with Crippen LogP contribution < -0.4 is 5.32 Å². The second-order valence-electron chi connectivity index (χ2n) is 5.38. The Balaban J connectivity index is 2.14. The summed E-state index contributed by atoms with van der Waals surface area (Å²) < 4.78 is 5.62. The molecule has 0 aliphatic heterocycles. The van der Waals surface area contributed by atoms with E-state index in [2.05, 4.69) is 10.3 Å². The predicted octanol–water partition coefficient (Wildman–Crippen LogP) is 3.19. The SMILES string of the molecule is CCCN(CCO)C(=O)Nc1cccc(-c2nc(C)c(C)o2)c1. The Labute approximate surface area is 136 Å². The first-order chi connectivity index (χ1) is 11.0. The summed E-state index contributed by atoms with van der Waals surface area (Å²) in [6, 6.07) is 7.14. The maximum atomic E-state index is 12.3. The Morgan fingerprint density at radius 2 is 2.13 bits per heavy atom. The van der Waals surface area contributed by atoms with Crippen LogP contribution in [0.25, 0.3) is 11.5 Å². The summed E-state index contributed by atoms with van der Waals surface area (Å²) in [6.45, 7) is 6.62. The maximum Gasteiger partial charge on any atom is 0.321 e. The van der Waals surface area contributed by atoms with Crippen molar-refractivity contribution in [1.29, 1.82) is 0 Å². The third-order valence-corrected chi connectivity index (χ3v) is 3.54. The zero-order valence-corrected chi connectivity index (χ0v) is 13.8. The standard InChI is InChI=1S/C17H23N3O3/c1-4-8-20(9-10-21)17(22)19-15-7-5-6-14(11-15)16-18-12(2)13(3)23-16/h5-7,11,21H,4,8-10H2,1-3H3,(H,19,22). The van der Waals surface area contributed by atoms with E-state index >= 15 is 0 Å². The van der Waals surface area contributed by atoms with Gasteiger partial charge in [0.1, 0.15) is 5.76 Å². The molecule has 1 aromatic heterocycles. The Bertz CT molecular complexity index is 641. The van der Waals surface area contributed by atoms with Crippen molar-refractivity contribution in [3.8, 4) is 11.5 Å². The Morgan fingerprint density at radius 3 is 2.74 bits per heavy atom. The average molecular weight is 317 g/mol. The predicted molar refractivity (Wildman–Crippen MR) is 89.4 cm³/mol. The zero-order valence-electron chi connectivity index (χ0n) is 13.8. The Morgan fingerprint density at radius 1 is 1.35 bits per heavy atom. The summed E-state index contributed by atoms with van der Waals surface area (Å²) in [5, 5.41) is 11.9. The van der Waals surface area contributed by atoms with Crippen LogP contribution in [-0.2, 0) is 0 Å². The van der Waals surface area contributed by atoms with Gasteiger partial charge in [0.2, 0.25) is 5.89 Å². The first kappa shape index (κ1) is 17.0. The molecule has 2 N–H and O–H groups in total.